The van der Waals surface area contributed by atoms with E-state index >= 15 is 0 Å². The summed E-state index contributed by atoms with van der Waals surface area (Å²) < 4.78 is 17.3. The lowest BCUT2D eigenvalue weighted by Gasteiger charge is -2.32. The van der Waals surface area contributed by atoms with Gasteiger partial charge in [0.05, 0.1) is 5.56 Å². The van der Waals surface area contributed by atoms with Gasteiger partial charge >= 0.3 is 0 Å². The van der Waals surface area contributed by atoms with Crippen LogP contribution in [0, 0.1) is 0 Å². The fourth-order valence-electron chi connectivity index (χ4n) is 2.45. The van der Waals surface area contributed by atoms with E-state index in [1.807, 2.05) is 12.1 Å². The SMILES string of the molecule is COC1(c2noc(-c3cc(Br)ccc3N)n2)CCOCC1. The molecular formula is C14H16BrN3O3. The Labute approximate surface area is 130 Å². The van der Waals surface area contributed by atoms with E-state index in [0.29, 0.717) is 49.0 Å². The molecule has 1 aliphatic heterocycles. The smallest absolute Gasteiger partial charge is 0.260 e. The zero-order chi connectivity index (χ0) is 14.9. The zero-order valence-electron chi connectivity index (χ0n) is 11.6. The van der Waals surface area contributed by atoms with Crippen LogP contribution in [-0.2, 0) is 15.1 Å². The van der Waals surface area contributed by atoms with Crippen LogP contribution in [0.25, 0.3) is 11.5 Å². The van der Waals surface area contributed by atoms with Gasteiger partial charge in [0.25, 0.3) is 5.89 Å². The number of nitrogens with zero attached hydrogens (tertiary/aromatic N) is 2. The second-order valence-corrected chi connectivity index (χ2v) is 5.88. The Morgan fingerprint density at radius 3 is 2.81 bits per heavy atom. The second kappa shape index (κ2) is 5.75. The van der Waals surface area contributed by atoms with Crippen LogP contribution < -0.4 is 5.73 Å². The fraction of sp³-hybridized carbons (Fsp3) is 0.429. The molecule has 1 saturated heterocycles. The number of hydrogen-bond donors (Lipinski definition) is 1. The quantitative estimate of drug-likeness (QED) is 0.854. The van der Waals surface area contributed by atoms with E-state index in [-0.39, 0.29) is 0 Å². The molecule has 0 atom stereocenters. The molecule has 21 heavy (non-hydrogen) atoms. The molecule has 0 bridgehead atoms. The highest BCUT2D eigenvalue weighted by atomic mass is 79.9. The first-order valence-electron chi connectivity index (χ1n) is 6.67. The average Bonchev–Trinajstić information content (AvgIpc) is 3.00. The number of anilines is 1. The van der Waals surface area contributed by atoms with E-state index in [1.165, 1.54) is 0 Å². The largest absolute Gasteiger partial charge is 0.398 e. The highest BCUT2D eigenvalue weighted by molar-refractivity contribution is 9.10. The molecule has 3 rings (SSSR count). The molecule has 0 radical (unpaired) electrons. The maximum absolute atomic E-state index is 5.97. The van der Waals surface area contributed by atoms with Crippen LogP contribution in [-0.4, -0.2) is 30.5 Å². The monoisotopic (exact) mass is 353 g/mol. The van der Waals surface area contributed by atoms with Crippen LogP contribution in [0.1, 0.15) is 18.7 Å². The highest BCUT2D eigenvalue weighted by Gasteiger charge is 2.39. The number of rotatable bonds is 3. The fourth-order valence-corrected chi connectivity index (χ4v) is 2.81. The molecule has 112 valence electrons. The molecule has 1 fully saturated rings. The minimum Gasteiger partial charge on any atom is -0.398 e. The number of methoxy groups -OCH3 is 1. The van der Waals surface area contributed by atoms with Gasteiger partial charge in [-0.2, -0.15) is 4.98 Å². The van der Waals surface area contributed by atoms with E-state index in [1.54, 1.807) is 13.2 Å². The summed E-state index contributed by atoms with van der Waals surface area (Å²) in [6, 6.07) is 5.52. The third-order valence-corrected chi connectivity index (χ3v) is 4.26. The van der Waals surface area contributed by atoms with Gasteiger partial charge in [-0.05, 0) is 18.2 Å². The van der Waals surface area contributed by atoms with Crippen molar-refractivity contribution in [1.82, 2.24) is 10.1 Å². The molecule has 2 N–H and O–H groups in total. The third-order valence-electron chi connectivity index (χ3n) is 3.77. The van der Waals surface area contributed by atoms with Gasteiger partial charge in [-0.25, -0.2) is 0 Å². The van der Waals surface area contributed by atoms with Gasteiger partial charge in [-0.15, -0.1) is 0 Å². The highest BCUT2D eigenvalue weighted by Crippen LogP contribution is 2.35. The Morgan fingerprint density at radius 2 is 2.10 bits per heavy atom. The zero-order valence-corrected chi connectivity index (χ0v) is 13.2. The molecule has 1 aromatic heterocycles. The summed E-state index contributed by atoms with van der Waals surface area (Å²) >= 11 is 3.41. The standard InChI is InChI=1S/C14H16BrN3O3/c1-19-14(4-6-20-7-5-14)13-17-12(21-18-13)10-8-9(15)2-3-11(10)16/h2-3,8H,4-7,16H2,1H3. The Morgan fingerprint density at radius 1 is 1.33 bits per heavy atom. The number of benzene rings is 1. The van der Waals surface area contributed by atoms with Gasteiger partial charge in [-0.3, -0.25) is 0 Å². The van der Waals surface area contributed by atoms with Crippen LogP contribution in [0.3, 0.4) is 0 Å². The Kier molecular flexibility index (Phi) is 3.97. The summed E-state index contributed by atoms with van der Waals surface area (Å²) in [7, 11) is 1.66. The number of hydrogen-bond acceptors (Lipinski definition) is 6. The lowest BCUT2D eigenvalue weighted by Crippen LogP contribution is -2.36. The minimum absolute atomic E-state index is 0.395. The van der Waals surface area contributed by atoms with E-state index in [2.05, 4.69) is 26.1 Å². The Hall–Kier alpha value is -1.44. The molecule has 0 aliphatic carbocycles. The van der Waals surface area contributed by atoms with E-state index in [4.69, 9.17) is 19.7 Å². The third kappa shape index (κ3) is 2.68. The van der Waals surface area contributed by atoms with E-state index in [0.717, 1.165) is 4.47 Å². The lowest BCUT2D eigenvalue weighted by molar-refractivity contribution is -0.101. The molecule has 6 nitrogen and oxygen atoms in total. The van der Waals surface area contributed by atoms with Gasteiger partial charge in [0.1, 0.15) is 5.60 Å². The van der Waals surface area contributed by atoms with Crippen molar-refractivity contribution in [3.63, 3.8) is 0 Å². The van der Waals surface area contributed by atoms with Crippen molar-refractivity contribution >= 4 is 21.6 Å². The van der Waals surface area contributed by atoms with Crippen molar-refractivity contribution in [3.8, 4) is 11.5 Å². The van der Waals surface area contributed by atoms with Crippen LogP contribution in [0.2, 0.25) is 0 Å². The van der Waals surface area contributed by atoms with Gasteiger partial charge < -0.3 is 19.7 Å². The first kappa shape index (κ1) is 14.5. The van der Waals surface area contributed by atoms with Gasteiger partial charge in [0.15, 0.2) is 0 Å². The predicted molar refractivity (Wildman–Crippen MR) is 80.6 cm³/mol. The first-order chi connectivity index (χ1) is 10.1. The van der Waals surface area contributed by atoms with Crippen LogP contribution in [0.15, 0.2) is 27.2 Å². The number of halogens is 1. The van der Waals surface area contributed by atoms with Crippen LogP contribution in [0.4, 0.5) is 5.69 Å². The molecule has 2 heterocycles. The minimum atomic E-state index is -0.541. The summed E-state index contributed by atoms with van der Waals surface area (Å²) in [5, 5.41) is 4.09. The molecule has 2 aromatic rings. The molecule has 0 unspecified atom stereocenters. The molecule has 7 heteroatoms. The van der Waals surface area contributed by atoms with Gasteiger partial charge in [0.2, 0.25) is 5.82 Å². The van der Waals surface area contributed by atoms with E-state index < -0.39 is 5.60 Å². The van der Waals surface area contributed by atoms with Crippen molar-refractivity contribution in [1.29, 1.82) is 0 Å². The Balaban J connectivity index is 1.97. The summed E-state index contributed by atoms with van der Waals surface area (Å²) in [4.78, 5) is 4.49. The van der Waals surface area contributed by atoms with Crippen LogP contribution >= 0.6 is 15.9 Å². The topological polar surface area (TPSA) is 83.4 Å². The molecule has 0 saturated carbocycles. The number of aromatic nitrogens is 2. The second-order valence-electron chi connectivity index (χ2n) is 4.97. The summed E-state index contributed by atoms with van der Waals surface area (Å²) in [5.41, 5.74) is 6.73. The maximum atomic E-state index is 5.97. The summed E-state index contributed by atoms with van der Waals surface area (Å²) in [6.45, 7) is 1.24. The maximum Gasteiger partial charge on any atom is 0.260 e. The average molecular weight is 354 g/mol. The molecule has 1 aliphatic rings. The lowest BCUT2D eigenvalue weighted by atomic mass is 9.93. The van der Waals surface area contributed by atoms with Crippen molar-refractivity contribution in [2.24, 2.45) is 0 Å². The number of ether oxygens (including phenoxy) is 2. The Bertz CT molecular complexity index is 638. The summed E-state index contributed by atoms with van der Waals surface area (Å²) in [5.74, 6) is 0.939. The van der Waals surface area contributed by atoms with Gasteiger partial charge in [-0.1, -0.05) is 21.1 Å². The van der Waals surface area contributed by atoms with Crippen molar-refractivity contribution in [2.75, 3.05) is 26.1 Å². The molecular weight excluding hydrogens is 338 g/mol. The van der Waals surface area contributed by atoms with Crippen molar-refractivity contribution in [2.45, 2.75) is 18.4 Å². The normalized spacial score (nSPS) is 17.8. The number of nitrogens with two attached hydrogens (primary N) is 1. The molecule has 0 spiro atoms. The number of nitrogen functional groups attached to an aromatic ring is 1. The molecule has 0 amide bonds. The van der Waals surface area contributed by atoms with Crippen molar-refractivity contribution < 1.29 is 14.0 Å². The first-order valence-corrected chi connectivity index (χ1v) is 7.46. The predicted octanol–water partition coefficient (Wildman–Crippen LogP) is 2.73. The molecule has 1 aromatic carbocycles. The summed E-state index contributed by atoms with van der Waals surface area (Å²) in [6.07, 6.45) is 1.41. The van der Waals surface area contributed by atoms with Crippen LogP contribution in [0.5, 0.6) is 0 Å². The van der Waals surface area contributed by atoms with Crippen molar-refractivity contribution in [3.05, 3.63) is 28.5 Å². The van der Waals surface area contributed by atoms with Gasteiger partial charge in [0, 0.05) is 43.3 Å². The van der Waals surface area contributed by atoms with E-state index in [9.17, 15) is 0 Å².